The second-order valence-electron chi connectivity index (χ2n) is 8.57. The molecular weight excluding hydrogens is 410 g/mol. The minimum absolute atomic E-state index is 0.173. The van der Waals surface area contributed by atoms with Gasteiger partial charge in [-0.05, 0) is 38.7 Å². The van der Waals surface area contributed by atoms with Crippen LogP contribution < -0.4 is 9.64 Å². The van der Waals surface area contributed by atoms with Gasteiger partial charge in [-0.1, -0.05) is 24.3 Å². The smallest absolute Gasteiger partial charge is 0.184 e. The minimum atomic E-state index is -0.208. The molecule has 3 aromatic rings. The molecule has 0 bridgehead atoms. The Hall–Kier alpha value is -2.58. The lowest BCUT2D eigenvalue weighted by Gasteiger charge is -2.45. The van der Waals surface area contributed by atoms with Crippen molar-refractivity contribution in [2.45, 2.75) is 37.6 Å². The third-order valence-corrected chi connectivity index (χ3v) is 7.30. The van der Waals surface area contributed by atoms with Gasteiger partial charge < -0.3 is 14.4 Å². The van der Waals surface area contributed by atoms with Crippen LogP contribution in [0.2, 0.25) is 0 Å². The van der Waals surface area contributed by atoms with Gasteiger partial charge in [-0.25, -0.2) is 9.97 Å². The Morgan fingerprint density at radius 2 is 1.84 bits per heavy atom. The first-order valence-corrected chi connectivity index (χ1v) is 11.8. The molecule has 8 heteroatoms. The summed E-state index contributed by atoms with van der Waals surface area (Å²) in [6, 6.07) is 10.6. The van der Waals surface area contributed by atoms with Gasteiger partial charge in [0.2, 0.25) is 0 Å². The highest BCUT2D eigenvalue weighted by molar-refractivity contribution is 7.99. The molecule has 1 N–H and O–H groups in total. The van der Waals surface area contributed by atoms with Crippen LogP contribution in [0.25, 0.3) is 22.6 Å². The quantitative estimate of drug-likeness (QED) is 0.658. The Labute approximate surface area is 186 Å². The lowest BCUT2D eigenvalue weighted by molar-refractivity contribution is 0.0482. The summed E-state index contributed by atoms with van der Waals surface area (Å²) < 4.78 is 11.8. The van der Waals surface area contributed by atoms with E-state index < -0.39 is 0 Å². The molecule has 1 aromatic carbocycles. The van der Waals surface area contributed by atoms with E-state index in [1.54, 1.807) is 18.0 Å². The van der Waals surface area contributed by atoms with E-state index in [2.05, 4.69) is 66.4 Å². The molecule has 4 heterocycles. The molecule has 162 valence electrons. The summed E-state index contributed by atoms with van der Waals surface area (Å²) >= 11 is 1.76. The number of H-pyrrole nitrogens is 1. The lowest BCUT2D eigenvalue weighted by atomic mass is 10.0. The van der Waals surface area contributed by atoms with Crippen molar-refractivity contribution in [1.29, 1.82) is 0 Å². The second kappa shape index (κ2) is 7.84. The molecule has 0 saturated carbocycles. The molecule has 0 amide bonds. The van der Waals surface area contributed by atoms with Gasteiger partial charge in [0.1, 0.15) is 12.3 Å². The number of aromatic nitrogens is 4. The highest BCUT2D eigenvalue weighted by Gasteiger charge is 2.40. The monoisotopic (exact) mass is 437 g/mol. The fourth-order valence-corrected chi connectivity index (χ4v) is 4.51. The van der Waals surface area contributed by atoms with E-state index in [1.807, 2.05) is 6.07 Å². The Kier molecular flexibility index (Phi) is 5.14. The number of morpholine rings is 1. The number of aromatic amines is 1. The molecule has 7 nitrogen and oxygen atoms in total. The predicted octanol–water partition coefficient (Wildman–Crippen LogP) is 4.12. The summed E-state index contributed by atoms with van der Waals surface area (Å²) in [5.41, 5.74) is 3.98. The maximum Gasteiger partial charge on any atom is 0.184 e. The van der Waals surface area contributed by atoms with Crippen LogP contribution in [0.15, 0.2) is 36.5 Å². The Morgan fingerprint density at radius 3 is 2.55 bits per heavy atom. The fraction of sp³-hybridized carbons (Fsp3) is 0.435. The number of benzene rings is 1. The number of thioether (sulfide) groups is 1. The van der Waals surface area contributed by atoms with Crippen LogP contribution in [0.3, 0.4) is 0 Å². The number of nitrogens with one attached hydrogen (secondary N) is 1. The largest absolute Gasteiger partial charge is 0.486 e. The van der Waals surface area contributed by atoms with Gasteiger partial charge in [0.05, 0.1) is 35.7 Å². The first-order valence-electron chi connectivity index (χ1n) is 10.5. The molecular formula is C23H27N5O2S. The molecule has 2 unspecified atom stereocenters. The fourth-order valence-electron chi connectivity index (χ4n) is 4.18. The third kappa shape index (κ3) is 3.57. The summed E-state index contributed by atoms with van der Waals surface area (Å²) in [4.78, 5) is 12.4. The maximum atomic E-state index is 6.25. The standard InChI is InChI=1S/C23H27N5O2S/c1-14-11-29-12-17-13-30-19-20(23(2,3)31-4)25-21(26-22(19)28(14)17)16-7-5-15(6-8-16)18-9-10-24-27-18/h5-10,14,17H,11-13H2,1-4H3,(H,24,27). The van der Waals surface area contributed by atoms with Crippen LogP contribution in [0.1, 0.15) is 26.5 Å². The first kappa shape index (κ1) is 20.3. The number of hydrogen-bond donors (Lipinski definition) is 1. The molecule has 0 spiro atoms. The van der Waals surface area contributed by atoms with Crippen LogP contribution in [0.4, 0.5) is 5.82 Å². The summed E-state index contributed by atoms with van der Waals surface area (Å²) in [6.07, 6.45) is 3.86. The van der Waals surface area contributed by atoms with Gasteiger partial charge in [0.25, 0.3) is 0 Å². The molecule has 1 saturated heterocycles. The Balaban J connectivity index is 1.63. The minimum Gasteiger partial charge on any atom is -0.486 e. The zero-order valence-corrected chi connectivity index (χ0v) is 19.1. The van der Waals surface area contributed by atoms with Crippen molar-refractivity contribution in [2.75, 3.05) is 31.0 Å². The van der Waals surface area contributed by atoms with Crippen molar-refractivity contribution in [2.24, 2.45) is 0 Å². The van der Waals surface area contributed by atoms with Crippen LogP contribution in [-0.4, -0.2) is 58.3 Å². The van der Waals surface area contributed by atoms with Crippen molar-refractivity contribution in [3.05, 3.63) is 42.2 Å². The van der Waals surface area contributed by atoms with E-state index in [4.69, 9.17) is 19.4 Å². The molecule has 2 aliphatic rings. The zero-order valence-electron chi connectivity index (χ0n) is 18.3. The van der Waals surface area contributed by atoms with Crippen LogP contribution in [-0.2, 0) is 9.48 Å². The maximum absolute atomic E-state index is 6.25. The van der Waals surface area contributed by atoms with E-state index in [0.717, 1.165) is 39.9 Å². The Bertz CT molecular complexity index is 1070. The topological polar surface area (TPSA) is 76.2 Å². The Morgan fingerprint density at radius 1 is 1.06 bits per heavy atom. The number of rotatable bonds is 4. The van der Waals surface area contributed by atoms with Crippen molar-refractivity contribution < 1.29 is 9.47 Å². The first-order chi connectivity index (χ1) is 15.0. The average molecular weight is 438 g/mol. The summed E-state index contributed by atoms with van der Waals surface area (Å²) in [7, 11) is 0. The highest BCUT2D eigenvalue weighted by atomic mass is 32.2. The van der Waals surface area contributed by atoms with Gasteiger partial charge in [0, 0.05) is 11.8 Å². The number of fused-ring (bicyclic) bond motifs is 3. The summed E-state index contributed by atoms with van der Waals surface area (Å²) in [5.74, 6) is 2.41. The summed E-state index contributed by atoms with van der Waals surface area (Å²) in [5, 5.41) is 7.05. The van der Waals surface area contributed by atoms with Crippen molar-refractivity contribution in [3.63, 3.8) is 0 Å². The highest BCUT2D eigenvalue weighted by Crippen LogP contribution is 2.46. The van der Waals surface area contributed by atoms with E-state index >= 15 is 0 Å². The van der Waals surface area contributed by atoms with Gasteiger partial charge in [-0.2, -0.15) is 16.9 Å². The SMILES string of the molecule is CSC(C)(C)c1nc(-c2ccc(-c3ccn[nH]3)cc2)nc2c1OCC1COCC(C)N21. The van der Waals surface area contributed by atoms with Gasteiger partial charge in [-0.15, -0.1) is 0 Å². The van der Waals surface area contributed by atoms with Gasteiger partial charge in [0.15, 0.2) is 17.4 Å². The van der Waals surface area contributed by atoms with Crippen molar-refractivity contribution in [1.82, 2.24) is 20.2 Å². The van der Waals surface area contributed by atoms with E-state index in [-0.39, 0.29) is 16.8 Å². The third-order valence-electron chi connectivity index (χ3n) is 6.09. The van der Waals surface area contributed by atoms with E-state index in [1.165, 1.54) is 0 Å². The molecule has 2 aromatic heterocycles. The van der Waals surface area contributed by atoms with E-state index in [9.17, 15) is 0 Å². The van der Waals surface area contributed by atoms with Crippen molar-refractivity contribution in [3.8, 4) is 28.4 Å². The second-order valence-corrected chi connectivity index (χ2v) is 10.00. The van der Waals surface area contributed by atoms with Crippen LogP contribution in [0.5, 0.6) is 5.75 Å². The lowest BCUT2D eigenvalue weighted by Crippen LogP contribution is -2.56. The molecule has 31 heavy (non-hydrogen) atoms. The molecule has 1 fully saturated rings. The molecule has 2 aliphatic heterocycles. The predicted molar refractivity (Wildman–Crippen MR) is 124 cm³/mol. The molecule has 5 rings (SSSR count). The number of nitrogens with zero attached hydrogens (tertiary/aromatic N) is 4. The molecule has 0 radical (unpaired) electrons. The van der Waals surface area contributed by atoms with Crippen molar-refractivity contribution >= 4 is 17.6 Å². The van der Waals surface area contributed by atoms with Crippen LogP contribution in [0, 0.1) is 0 Å². The normalized spacial score (nSPS) is 20.7. The molecule has 2 atom stereocenters. The zero-order chi connectivity index (χ0) is 21.6. The van der Waals surface area contributed by atoms with Crippen LogP contribution >= 0.6 is 11.8 Å². The van der Waals surface area contributed by atoms with Gasteiger partial charge >= 0.3 is 0 Å². The average Bonchev–Trinajstić information content (AvgIpc) is 3.33. The number of hydrogen-bond acceptors (Lipinski definition) is 7. The summed E-state index contributed by atoms with van der Waals surface area (Å²) in [6.45, 7) is 8.49. The van der Waals surface area contributed by atoms with Gasteiger partial charge in [-0.3, -0.25) is 5.10 Å². The number of anilines is 1. The molecule has 0 aliphatic carbocycles. The number of ether oxygens (including phenoxy) is 2. The van der Waals surface area contributed by atoms with E-state index in [0.29, 0.717) is 19.8 Å².